The van der Waals surface area contributed by atoms with Crippen molar-refractivity contribution in [1.82, 2.24) is 14.9 Å². The predicted octanol–water partition coefficient (Wildman–Crippen LogP) is 3.97. The number of pyridine rings is 2. The van der Waals surface area contributed by atoms with E-state index in [9.17, 15) is 0 Å². The lowest BCUT2D eigenvalue weighted by Gasteiger charge is -2.29. The first-order valence-electron chi connectivity index (χ1n) is 9.47. The predicted molar refractivity (Wildman–Crippen MR) is 107 cm³/mol. The van der Waals surface area contributed by atoms with Crippen LogP contribution in [-0.4, -0.2) is 34.0 Å². The standard InChI is InChI=1S/C22H22N4O/c23-17-7-9-26(10-8-17)14-18-6-5-16-12-24-13-19(22(16)25-18)21-11-15-3-1-2-4-20(15)27-21/h1-6,11-13,17H,7-10,14,23H2. The monoisotopic (exact) mass is 358 g/mol. The lowest BCUT2D eigenvalue weighted by molar-refractivity contribution is 0.204. The first kappa shape index (κ1) is 16.4. The summed E-state index contributed by atoms with van der Waals surface area (Å²) in [6.07, 6.45) is 5.82. The first-order valence-corrected chi connectivity index (χ1v) is 9.47. The van der Waals surface area contributed by atoms with Crippen molar-refractivity contribution >= 4 is 21.9 Å². The Morgan fingerprint density at radius 2 is 1.89 bits per heavy atom. The molecule has 0 aliphatic carbocycles. The number of nitrogens with two attached hydrogens (primary N) is 1. The number of aromatic nitrogens is 2. The van der Waals surface area contributed by atoms with E-state index in [2.05, 4.69) is 34.1 Å². The minimum absolute atomic E-state index is 0.344. The minimum atomic E-state index is 0.344. The van der Waals surface area contributed by atoms with Crippen molar-refractivity contribution in [3.8, 4) is 11.3 Å². The molecule has 5 rings (SSSR count). The molecule has 1 aromatic carbocycles. The molecule has 2 N–H and O–H groups in total. The molecule has 136 valence electrons. The zero-order valence-corrected chi connectivity index (χ0v) is 15.1. The number of piperidine rings is 1. The molecule has 5 nitrogen and oxygen atoms in total. The molecule has 4 heterocycles. The highest BCUT2D eigenvalue weighted by Crippen LogP contribution is 2.31. The van der Waals surface area contributed by atoms with Crippen LogP contribution in [0.15, 0.2) is 59.3 Å². The van der Waals surface area contributed by atoms with Crippen molar-refractivity contribution in [2.75, 3.05) is 13.1 Å². The van der Waals surface area contributed by atoms with E-state index in [1.54, 1.807) is 0 Å². The van der Waals surface area contributed by atoms with Gasteiger partial charge in [-0.1, -0.05) is 18.2 Å². The molecule has 27 heavy (non-hydrogen) atoms. The fraction of sp³-hybridized carbons (Fsp3) is 0.273. The van der Waals surface area contributed by atoms with Crippen molar-refractivity contribution in [3.63, 3.8) is 0 Å². The van der Waals surface area contributed by atoms with Gasteiger partial charge in [0, 0.05) is 48.8 Å². The summed E-state index contributed by atoms with van der Waals surface area (Å²) in [7, 11) is 0. The second-order valence-corrected chi connectivity index (χ2v) is 7.32. The van der Waals surface area contributed by atoms with Crippen LogP contribution in [0.4, 0.5) is 0 Å². The Balaban J connectivity index is 1.52. The number of benzene rings is 1. The maximum absolute atomic E-state index is 6.06. The van der Waals surface area contributed by atoms with E-state index in [4.69, 9.17) is 15.1 Å². The average Bonchev–Trinajstić information content (AvgIpc) is 3.13. The quantitative estimate of drug-likeness (QED) is 0.600. The molecule has 0 spiro atoms. The molecule has 1 aliphatic rings. The van der Waals surface area contributed by atoms with Crippen molar-refractivity contribution in [2.45, 2.75) is 25.4 Å². The van der Waals surface area contributed by atoms with Crippen LogP contribution >= 0.6 is 0 Å². The lowest BCUT2D eigenvalue weighted by atomic mass is 10.1. The first-order chi connectivity index (χ1) is 13.3. The summed E-state index contributed by atoms with van der Waals surface area (Å²) < 4.78 is 6.06. The van der Waals surface area contributed by atoms with Gasteiger partial charge in [0.15, 0.2) is 0 Å². The molecule has 4 aromatic rings. The average molecular weight is 358 g/mol. The van der Waals surface area contributed by atoms with Crippen molar-refractivity contribution < 1.29 is 4.42 Å². The van der Waals surface area contributed by atoms with Crippen LogP contribution in [0.3, 0.4) is 0 Å². The topological polar surface area (TPSA) is 68.2 Å². The third-order valence-corrected chi connectivity index (χ3v) is 5.37. The molecule has 1 saturated heterocycles. The molecule has 0 bridgehead atoms. The van der Waals surface area contributed by atoms with Gasteiger partial charge in [0.2, 0.25) is 0 Å². The van der Waals surface area contributed by atoms with Crippen molar-refractivity contribution in [1.29, 1.82) is 0 Å². The van der Waals surface area contributed by atoms with Crippen LogP contribution in [0.5, 0.6) is 0 Å². The summed E-state index contributed by atoms with van der Waals surface area (Å²) >= 11 is 0. The van der Waals surface area contributed by atoms with Gasteiger partial charge in [-0.15, -0.1) is 0 Å². The second-order valence-electron chi connectivity index (χ2n) is 7.32. The summed E-state index contributed by atoms with van der Waals surface area (Å²) in [5.74, 6) is 0.808. The Morgan fingerprint density at radius 3 is 2.74 bits per heavy atom. The summed E-state index contributed by atoms with van der Waals surface area (Å²) in [5, 5.41) is 2.11. The summed E-state index contributed by atoms with van der Waals surface area (Å²) in [4.78, 5) is 11.8. The van der Waals surface area contributed by atoms with Gasteiger partial charge < -0.3 is 10.2 Å². The Kier molecular flexibility index (Phi) is 4.11. The molecule has 0 atom stereocenters. The molecular formula is C22H22N4O. The van der Waals surface area contributed by atoms with Gasteiger partial charge in [0.05, 0.1) is 16.8 Å². The van der Waals surface area contributed by atoms with Gasteiger partial charge in [-0.2, -0.15) is 0 Å². The maximum Gasteiger partial charge on any atom is 0.139 e. The summed E-state index contributed by atoms with van der Waals surface area (Å²) in [6.45, 7) is 2.92. The van der Waals surface area contributed by atoms with Gasteiger partial charge in [0.1, 0.15) is 11.3 Å². The van der Waals surface area contributed by atoms with E-state index >= 15 is 0 Å². The minimum Gasteiger partial charge on any atom is -0.456 e. The molecule has 0 unspecified atom stereocenters. The molecule has 3 aromatic heterocycles. The van der Waals surface area contributed by atoms with Gasteiger partial charge in [-0.3, -0.25) is 14.9 Å². The van der Waals surface area contributed by atoms with Crippen LogP contribution in [0.1, 0.15) is 18.5 Å². The molecular weight excluding hydrogens is 336 g/mol. The van der Waals surface area contributed by atoms with Crippen LogP contribution in [0.25, 0.3) is 33.2 Å². The fourth-order valence-corrected chi connectivity index (χ4v) is 3.81. The second kappa shape index (κ2) is 6.76. The van der Waals surface area contributed by atoms with Crippen molar-refractivity contribution in [2.24, 2.45) is 5.73 Å². The number of furan rings is 1. The van der Waals surface area contributed by atoms with E-state index in [0.717, 1.165) is 71.4 Å². The smallest absolute Gasteiger partial charge is 0.139 e. The van der Waals surface area contributed by atoms with Crippen LogP contribution in [0, 0.1) is 0 Å². The number of fused-ring (bicyclic) bond motifs is 2. The largest absolute Gasteiger partial charge is 0.456 e. The highest BCUT2D eigenvalue weighted by atomic mass is 16.3. The van der Waals surface area contributed by atoms with Crippen LogP contribution < -0.4 is 5.73 Å². The van der Waals surface area contributed by atoms with E-state index in [0.29, 0.717) is 6.04 Å². The molecule has 0 radical (unpaired) electrons. The molecule has 0 saturated carbocycles. The van der Waals surface area contributed by atoms with Gasteiger partial charge in [-0.25, -0.2) is 0 Å². The Labute approximate surface area is 157 Å². The Morgan fingerprint density at radius 1 is 1.04 bits per heavy atom. The van der Waals surface area contributed by atoms with E-state index < -0.39 is 0 Å². The maximum atomic E-state index is 6.06. The highest BCUT2D eigenvalue weighted by molar-refractivity contribution is 5.94. The van der Waals surface area contributed by atoms with Gasteiger partial charge >= 0.3 is 0 Å². The Bertz CT molecular complexity index is 1060. The fourth-order valence-electron chi connectivity index (χ4n) is 3.81. The SMILES string of the molecule is NC1CCN(Cc2ccc3cncc(-c4cc5ccccc5o4)c3n2)CC1. The van der Waals surface area contributed by atoms with Gasteiger partial charge in [0.25, 0.3) is 0 Å². The number of hydrogen-bond acceptors (Lipinski definition) is 5. The van der Waals surface area contributed by atoms with Crippen molar-refractivity contribution in [3.05, 3.63) is 60.6 Å². The van der Waals surface area contributed by atoms with Crippen LogP contribution in [0.2, 0.25) is 0 Å². The number of para-hydroxylation sites is 1. The normalized spacial score (nSPS) is 16.3. The zero-order chi connectivity index (χ0) is 18.2. The highest BCUT2D eigenvalue weighted by Gasteiger charge is 2.17. The number of rotatable bonds is 3. The van der Waals surface area contributed by atoms with E-state index in [1.165, 1.54) is 0 Å². The lowest BCUT2D eigenvalue weighted by Crippen LogP contribution is -2.39. The summed E-state index contributed by atoms with van der Waals surface area (Å²) in [6, 6.07) is 14.6. The zero-order valence-electron chi connectivity index (χ0n) is 15.1. The molecule has 0 amide bonds. The summed E-state index contributed by atoms with van der Waals surface area (Å²) in [5.41, 5.74) is 9.85. The van der Waals surface area contributed by atoms with Crippen LogP contribution in [-0.2, 0) is 6.54 Å². The van der Waals surface area contributed by atoms with Gasteiger partial charge in [-0.05, 0) is 37.1 Å². The number of hydrogen-bond donors (Lipinski definition) is 1. The Hall–Kier alpha value is -2.76. The third kappa shape index (κ3) is 3.20. The number of nitrogens with zero attached hydrogens (tertiary/aromatic N) is 3. The molecule has 1 aliphatic heterocycles. The molecule has 1 fully saturated rings. The molecule has 5 heteroatoms. The van der Waals surface area contributed by atoms with E-state index in [1.807, 2.05) is 30.6 Å². The number of likely N-dealkylation sites (tertiary alicyclic amines) is 1. The third-order valence-electron chi connectivity index (χ3n) is 5.37. The van der Waals surface area contributed by atoms with E-state index in [-0.39, 0.29) is 0 Å².